The lowest BCUT2D eigenvalue weighted by molar-refractivity contribution is -0.193. The van der Waals surface area contributed by atoms with Gasteiger partial charge in [0.1, 0.15) is 23.7 Å². The first-order valence-corrected chi connectivity index (χ1v) is 12.1. The lowest BCUT2D eigenvalue weighted by atomic mass is 10.2. The topological polar surface area (TPSA) is 147 Å². The van der Waals surface area contributed by atoms with Gasteiger partial charge in [0, 0.05) is 35.9 Å². The van der Waals surface area contributed by atoms with E-state index in [0.717, 1.165) is 58.9 Å². The van der Waals surface area contributed by atoms with Gasteiger partial charge in [-0.15, -0.1) is 0 Å². The Kier molecular flexibility index (Phi) is 12.1. The summed E-state index contributed by atoms with van der Waals surface area (Å²) in [5.74, 6) is -3.86. The number of aliphatic carboxylic acids is 2. The van der Waals surface area contributed by atoms with Gasteiger partial charge in [-0.05, 0) is 59.1 Å². The van der Waals surface area contributed by atoms with Crippen LogP contribution in [0.3, 0.4) is 0 Å². The predicted octanol–water partition coefficient (Wildman–Crippen LogP) is 4.80. The third kappa shape index (κ3) is 11.4. The highest BCUT2D eigenvalue weighted by molar-refractivity contribution is 9.10. The summed E-state index contributed by atoms with van der Waals surface area (Å²) in [4.78, 5) is 29.9. The molecular formula is C23H23BrF6N4O6. The molecule has 1 aromatic carbocycles. The van der Waals surface area contributed by atoms with Gasteiger partial charge in [0.15, 0.2) is 5.65 Å². The van der Waals surface area contributed by atoms with E-state index in [1.165, 1.54) is 6.42 Å². The number of imidazole rings is 1. The molecule has 40 heavy (non-hydrogen) atoms. The number of rotatable bonds is 7. The van der Waals surface area contributed by atoms with E-state index in [9.17, 15) is 26.3 Å². The number of aromatic amines is 1. The Morgan fingerprint density at radius 2 is 1.70 bits per heavy atom. The molecule has 10 nitrogen and oxygen atoms in total. The van der Waals surface area contributed by atoms with Crippen LogP contribution in [0.1, 0.15) is 12.8 Å². The van der Waals surface area contributed by atoms with Crippen molar-refractivity contribution in [2.24, 2.45) is 0 Å². The minimum atomic E-state index is -5.08. The maximum atomic E-state index is 10.6. The second-order valence-corrected chi connectivity index (χ2v) is 8.84. The summed E-state index contributed by atoms with van der Waals surface area (Å²) in [5.41, 5.74) is 2.62. The molecule has 220 valence electrons. The molecule has 3 aromatic rings. The summed E-state index contributed by atoms with van der Waals surface area (Å²) < 4.78 is 75.8. The van der Waals surface area contributed by atoms with Crippen molar-refractivity contribution in [2.75, 3.05) is 26.3 Å². The number of benzene rings is 1. The SMILES string of the molecule is Brc1cnc2[nH]c(-c3ccc(OCCNCC4CCCO4)cc3)nc2c1.O=C(O)C(F)(F)F.O=C(O)C(F)(F)F. The summed E-state index contributed by atoms with van der Waals surface area (Å²) in [7, 11) is 0. The number of aromatic nitrogens is 3. The molecule has 1 aliphatic heterocycles. The van der Waals surface area contributed by atoms with E-state index >= 15 is 0 Å². The van der Waals surface area contributed by atoms with Crippen molar-refractivity contribution in [1.29, 1.82) is 0 Å². The highest BCUT2D eigenvalue weighted by Gasteiger charge is 2.38. The van der Waals surface area contributed by atoms with E-state index in [-0.39, 0.29) is 0 Å². The number of H-pyrrole nitrogens is 1. The van der Waals surface area contributed by atoms with E-state index < -0.39 is 24.3 Å². The lowest BCUT2D eigenvalue weighted by Gasteiger charge is -2.11. The zero-order valence-electron chi connectivity index (χ0n) is 20.4. The molecule has 0 radical (unpaired) electrons. The van der Waals surface area contributed by atoms with Crippen LogP contribution in [0.15, 0.2) is 41.0 Å². The Hall–Kier alpha value is -3.44. The van der Waals surface area contributed by atoms with Crippen molar-refractivity contribution in [2.45, 2.75) is 31.3 Å². The van der Waals surface area contributed by atoms with Crippen molar-refractivity contribution >= 4 is 39.0 Å². The van der Waals surface area contributed by atoms with Crippen LogP contribution < -0.4 is 10.1 Å². The quantitative estimate of drug-likeness (QED) is 0.210. The second kappa shape index (κ2) is 14.8. The monoisotopic (exact) mass is 644 g/mol. The third-order valence-electron chi connectivity index (χ3n) is 4.86. The van der Waals surface area contributed by atoms with Gasteiger partial charge in [0.25, 0.3) is 0 Å². The molecule has 1 aliphatic rings. The summed E-state index contributed by atoms with van der Waals surface area (Å²) in [6, 6.07) is 9.88. The van der Waals surface area contributed by atoms with Crippen LogP contribution in [0.2, 0.25) is 0 Å². The average molecular weight is 645 g/mol. The van der Waals surface area contributed by atoms with Crippen LogP contribution in [0.25, 0.3) is 22.6 Å². The number of carboxylic acid groups (broad SMARTS) is 2. The maximum absolute atomic E-state index is 10.6. The minimum Gasteiger partial charge on any atom is -0.492 e. The summed E-state index contributed by atoms with van der Waals surface area (Å²) >= 11 is 3.42. The highest BCUT2D eigenvalue weighted by atomic mass is 79.9. The molecular weight excluding hydrogens is 622 g/mol. The zero-order valence-corrected chi connectivity index (χ0v) is 21.9. The Labute approximate surface area is 230 Å². The summed E-state index contributed by atoms with van der Waals surface area (Å²) in [6.07, 6.45) is -5.71. The molecule has 0 spiro atoms. The number of nitrogens with one attached hydrogen (secondary N) is 2. The van der Waals surface area contributed by atoms with Crippen LogP contribution in [-0.2, 0) is 14.3 Å². The van der Waals surface area contributed by atoms with Gasteiger partial charge < -0.3 is 30.0 Å². The number of alkyl halides is 6. The van der Waals surface area contributed by atoms with Crippen molar-refractivity contribution in [3.8, 4) is 17.1 Å². The Morgan fingerprint density at radius 3 is 2.23 bits per heavy atom. The number of ether oxygens (including phenoxy) is 2. The molecule has 0 amide bonds. The van der Waals surface area contributed by atoms with Gasteiger partial charge in [-0.1, -0.05) is 0 Å². The average Bonchev–Trinajstić information content (AvgIpc) is 3.53. The first kappa shape index (κ1) is 32.8. The molecule has 0 aliphatic carbocycles. The fraction of sp³-hybridized carbons (Fsp3) is 0.391. The molecule has 0 saturated carbocycles. The number of carboxylic acids is 2. The third-order valence-corrected chi connectivity index (χ3v) is 5.29. The van der Waals surface area contributed by atoms with Crippen LogP contribution in [0.4, 0.5) is 26.3 Å². The molecule has 2 aromatic heterocycles. The molecule has 4 N–H and O–H groups in total. The number of hydrogen-bond donors (Lipinski definition) is 4. The first-order chi connectivity index (χ1) is 18.7. The maximum Gasteiger partial charge on any atom is 0.490 e. The van der Waals surface area contributed by atoms with E-state index in [1.54, 1.807) is 6.20 Å². The van der Waals surface area contributed by atoms with Gasteiger partial charge in [-0.3, -0.25) is 0 Å². The van der Waals surface area contributed by atoms with Crippen LogP contribution in [0, 0.1) is 0 Å². The molecule has 1 saturated heterocycles. The van der Waals surface area contributed by atoms with Gasteiger partial charge >= 0.3 is 24.3 Å². The standard InChI is InChI=1S/C19H21BrN4O2.2C2HF3O2/c20-14-10-17-19(22-11-14)24-18(23-17)13-3-5-15(6-4-13)26-9-7-21-12-16-2-1-8-25-16;2*3-2(4,5)1(6)7/h3-6,10-11,16,21H,1-2,7-9,12H2,(H,22,23,24);2*(H,6,7). The smallest absolute Gasteiger partial charge is 0.490 e. The van der Waals surface area contributed by atoms with Crippen molar-refractivity contribution < 1.29 is 55.6 Å². The van der Waals surface area contributed by atoms with Gasteiger partial charge in [-0.25, -0.2) is 19.6 Å². The van der Waals surface area contributed by atoms with Crippen molar-refractivity contribution in [3.63, 3.8) is 0 Å². The lowest BCUT2D eigenvalue weighted by Crippen LogP contribution is -2.29. The fourth-order valence-corrected chi connectivity index (χ4v) is 3.35. The number of hydrogen-bond acceptors (Lipinski definition) is 7. The molecule has 0 bridgehead atoms. The van der Waals surface area contributed by atoms with Crippen molar-refractivity contribution in [1.82, 2.24) is 20.3 Å². The predicted molar refractivity (Wildman–Crippen MR) is 132 cm³/mol. The number of pyridine rings is 1. The highest BCUT2D eigenvalue weighted by Crippen LogP contribution is 2.23. The van der Waals surface area contributed by atoms with Crippen LogP contribution in [-0.4, -0.2) is 81.9 Å². The fourth-order valence-electron chi connectivity index (χ4n) is 3.03. The zero-order chi connectivity index (χ0) is 29.9. The van der Waals surface area contributed by atoms with E-state index in [1.807, 2.05) is 30.3 Å². The summed E-state index contributed by atoms with van der Waals surface area (Å²) in [5, 5.41) is 17.6. The van der Waals surface area contributed by atoms with Crippen LogP contribution in [0.5, 0.6) is 5.75 Å². The number of carbonyl (C=O) groups is 2. The van der Waals surface area contributed by atoms with E-state index in [2.05, 4.69) is 36.2 Å². The van der Waals surface area contributed by atoms with Crippen LogP contribution >= 0.6 is 15.9 Å². The Balaban J connectivity index is 0.000000333. The molecule has 17 heteroatoms. The Morgan fingerprint density at radius 1 is 1.10 bits per heavy atom. The second-order valence-electron chi connectivity index (χ2n) is 7.92. The van der Waals surface area contributed by atoms with Gasteiger partial charge in [-0.2, -0.15) is 26.3 Å². The van der Waals surface area contributed by atoms with Gasteiger partial charge in [0.2, 0.25) is 0 Å². The normalized spacial score (nSPS) is 15.0. The largest absolute Gasteiger partial charge is 0.492 e. The van der Waals surface area contributed by atoms with Crippen molar-refractivity contribution in [3.05, 3.63) is 41.0 Å². The molecule has 1 atom stereocenters. The van der Waals surface area contributed by atoms with E-state index in [4.69, 9.17) is 29.3 Å². The molecule has 1 fully saturated rings. The molecule has 1 unspecified atom stereocenters. The number of halogens is 7. The molecule has 4 rings (SSSR count). The molecule has 3 heterocycles. The first-order valence-electron chi connectivity index (χ1n) is 11.3. The van der Waals surface area contributed by atoms with Gasteiger partial charge in [0.05, 0.1) is 6.10 Å². The summed E-state index contributed by atoms with van der Waals surface area (Å²) in [6.45, 7) is 3.24. The minimum absolute atomic E-state index is 0.369. The number of fused-ring (bicyclic) bond motifs is 1. The Bertz CT molecular complexity index is 1220. The number of nitrogens with zero attached hydrogens (tertiary/aromatic N) is 2. The van der Waals surface area contributed by atoms with E-state index in [0.29, 0.717) is 12.7 Å².